The maximum absolute atomic E-state index is 12.5. The number of hydrogen-bond donors (Lipinski definition) is 1. The van der Waals surface area contributed by atoms with Crippen molar-refractivity contribution < 1.29 is 19.1 Å². The van der Waals surface area contributed by atoms with E-state index in [9.17, 15) is 14.4 Å². The van der Waals surface area contributed by atoms with E-state index in [1.807, 2.05) is 0 Å². The van der Waals surface area contributed by atoms with Crippen LogP contribution < -0.4 is 5.32 Å². The molecule has 0 saturated heterocycles. The molecule has 7 nitrogen and oxygen atoms in total. The summed E-state index contributed by atoms with van der Waals surface area (Å²) in [5, 5.41) is 7.14. The number of Topliss-reactive ketones (excluding diaryl/α,β-unsaturated/α-hetero) is 1. The molecule has 2 heterocycles. The van der Waals surface area contributed by atoms with Crippen LogP contribution in [0.5, 0.6) is 0 Å². The summed E-state index contributed by atoms with van der Waals surface area (Å²) in [7, 11) is 1.72. The van der Waals surface area contributed by atoms with Crippen molar-refractivity contribution in [3.63, 3.8) is 0 Å². The highest BCUT2D eigenvalue weighted by atomic mass is 32.1. The quantitative estimate of drug-likeness (QED) is 0.662. The van der Waals surface area contributed by atoms with E-state index < -0.39 is 5.97 Å². The third-order valence-electron chi connectivity index (χ3n) is 3.43. The van der Waals surface area contributed by atoms with Gasteiger partial charge in [0.05, 0.1) is 28.3 Å². The molecule has 1 N–H and O–H groups in total. The summed E-state index contributed by atoms with van der Waals surface area (Å²) in [5.41, 5.74) is 1.72. The van der Waals surface area contributed by atoms with Crippen LogP contribution in [-0.4, -0.2) is 34.0 Å². The molecule has 0 aliphatic rings. The average molecular weight is 349 g/mol. The first-order valence-corrected chi connectivity index (χ1v) is 8.20. The number of amides is 1. The molecule has 0 aliphatic heterocycles. The van der Waals surface area contributed by atoms with Gasteiger partial charge in [-0.05, 0) is 33.3 Å². The zero-order chi connectivity index (χ0) is 18.0. The molecule has 0 atom stereocenters. The molecule has 0 saturated carbocycles. The van der Waals surface area contributed by atoms with E-state index in [0.717, 1.165) is 11.3 Å². The highest BCUT2D eigenvalue weighted by Crippen LogP contribution is 2.34. The smallest absolute Gasteiger partial charge is 0.341 e. The number of thiophene rings is 1. The maximum Gasteiger partial charge on any atom is 0.341 e. The Hall–Kier alpha value is -2.48. The molecule has 24 heavy (non-hydrogen) atoms. The molecule has 0 unspecified atom stereocenters. The zero-order valence-electron chi connectivity index (χ0n) is 14.2. The molecule has 0 aliphatic carbocycles. The molecule has 128 valence electrons. The van der Waals surface area contributed by atoms with Gasteiger partial charge in [-0.2, -0.15) is 5.10 Å². The van der Waals surface area contributed by atoms with Crippen LogP contribution in [0.3, 0.4) is 0 Å². The van der Waals surface area contributed by atoms with Gasteiger partial charge in [-0.15, -0.1) is 11.3 Å². The summed E-state index contributed by atoms with van der Waals surface area (Å²) < 4.78 is 6.59. The summed E-state index contributed by atoms with van der Waals surface area (Å²) in [6, 6.07) is 0. The van der Waals surface area contributed by atoms with Crippen LogP contribution in [-0.2, 0) is 11.8 Å². The Morgan fingerprint density at radius 3 is 2.50 bits per heavy atom. The first-order valence-electron chi connectivity index (χ1n) is 7.39. The second-order valence-electron chi connectivity index (χ2n) is 5.29. The number of nitrogens with zero attached hydrogens (tertiary/aromatic N) is 2. The Morgan fingerprint density at radius 1 is 1.33 bits per heavy atom. The van der Waals surface area contributed by atoms with Crippen molar-refractivity contribution in [1.29, 1.82) is 0 Å². The van der Waals surface area contributed by atoms with Crippen molar-refractivity contribution in [2.75, 3.05) is 11.9 Å². The maximum atomic E-state index is 12.5. The third kappa shape index (κ3) is 3.38. The highest BCUT2D eigenvalue weighted by Gasteiger charge is 2.26. The molecular weight excluding hydrogens is 330 g/mol. The lowest BCUT2D eigenvalue weighted by Crippen LogP contribution is -2.15. The van der Waals surface area contributed by atoms with Gasteiger partial charge in [0.2, 0.25) is 0 Å². The van der Waals surface area contributed by atoms with Crippen LogP contribution >= 0.6 is 11.3 Å². The number of rotatable bonds is 5. The molecule has 1 amide bonds. The zero-order valence-corrected chi connectivity index (χ0v) is 15.0. The van der Waals surface area contributed by atoms with Gasteiger partial charge < -0.3 is 10.1 Å². The summed E-state index contributed by atoms with van der Waals surface area (Å²) >= 11 is 1.07. The molecule has 8 heteroatoms. The topological polar surface area (TPSA) is 90.3 Å². The number of carbonyl (C=O) groups is 3. The van der Waals surface area contributed by atoms with E-state index >= 15 is 0 Å². The number of esters is 1. The predicted octanol–water partition coefficient (Wildman–Crippen LogP) is 2.73. The molecule has 0 bridgehead atoms. The number of carbonyl (C=O) groups excluding carboxylic acids is 3. The summed E-state index contributed by atoms with van der Waals surface area (Å²) in [6.07, 6.45) is 1.60. The van der Waals surface area contributed by atoms with Gasteiger partial charge in [-0.1, -0.05) is 0 Å². The van der Waals surface area contributed by atoms with Crippen LogP contribution in [0.4, 0.5) is 5.00 Å². The Kier molecular flexibility index (Phi) is 5.18. The molecule has 2 aromatic heterocycles. The lowest BCUT2D eigenvalue weighted by molar-refractivity contribution is 0.0527. The number of nitrogens with one attached hydrogen (secondary N) is 1. The number of anilines is 1. The minimum absolute atomic E-state index is 0.166. The van der Waals surface area contributed by atoms with Crippen LogP contribution in [0.15, 0.2) is 6.20 Å². The van der Waals surface area contributed by atoms with Crippen molar-refractivity contribution in [1.82, 2.24) is 9.78 Å². The fourth-order valence-electron chi connectivity index (χ4n) is 2.38. The minimum atomic E-state index is -0.558. The normalized spacial score (nSPS) is 10.5. The fourth-order valence-corrected chi connectivity index (χ4v) is 3.46. The van der Waals surface area contributed by atoms with Crippen molar-refractivity contribution >= 4 is 34.0 Å². The molecule has 0 aromatic carbocycles. The summed E-state index contributed by atoms with van der Waals surface area (Å²) in [5.74, 6) is -1.11. The Bertz CT molecular complexity index is 820. The van der Waals surface area contributed by atoms with E-state index in [2.05, 4.69) is 10.4 Å². The van der Waals surface area contributed by atoms with Crippen molar-refractivity contribution in [3.05, 3.63) is 33.5 Å². The molecule has 0 fully saturated rings. The highest BCUT2D eigenvalue weighted by molar-refractivity contribution is 7.18. The first-order chi connectivity index (χ1) is 11.3. The molecule has 0 spiro atoms. The number of ether oxygens (including phenoxy) is 1. The van der Waals surface area contributed by atoms with E-state index in [0.29, 0.717) is 26.7 Å². The second-order valence-corrected chi connectivity index (χ2v) is 6.31. The average Bonchev–Trinajstić information content (AvgIpc) is 2.98. The summed E-state index contributed by atoms with van der Waals surface area (Å²) in [6.45, 7) is 6.72. The van der Waals surface area contributed by atoms with Crippen molar-refractivity contribution in [2.45, 2.75) is 27.7 Å². The van der Waals surface area contributed by atoms with Gasteiger partial charge in [0.25, 0.3) is 5.91 Å². The number of aryl methyl sites for hydroxylation is 2. The van der Waals surface area contributed by atoms with E-state index in [1.54, 1.807) is 34.0 Å². The Labute approximate surface area is 143 Å². The standard InChI is InChI=1S/C16H19N3O4S/c1-6-23-16(22)12-8(2)13(10(4)20)24-15(12)17-14(21)11-7-19(5)18-9(11)3/h7H,6H2,1-5H3,(H,17,21). The largest absolute Gasteiger partial charge is 0.462 e. The van der Waals surface area contributed by atoms with Crippen molar-refractivity contribution in [2.24, 2.45) is 7.05 Å². The van der Waals surface area contributed by atoms with E-state index in [1.165, 1.54) is 11.6 Å². The SMILES string of the molecule is CCOC(=O)c1c(NC(=O)c2cn(C)nc2C)sc(C(C)=O)c1C. The third-order valence-corrected chi connectivity index (χ3v) is 4.74. The summed E-state index contributed by atoms with van der Waals surface area (Å²) in [4.78, 5) is 36.9. The Morgan fingerprint density at radius 2 is 2.00 bits per heavy atom. The molecule has 2 aromatic rings. The number of aromatic nitrogens is 2. The van der Waals surface area contributed by atoms with Crippen LogP contribution in [0.25, 0.3) is 0 Å². The van der Waals surface area contributed by atoms with Gasteiger partial charge in [0.15, 0.2) is 5.78 Å². The van der Waals surface area contributed by atoms with Crippen LogP contribution in [0, 0.1) is 13.8 Å². The lowest BCUT2D eigenvalue weighted by Gasteiger charge is -2.06. The van der Waals surface area contributed by atoms with Gasteiger partial charge >= 0.3 is 5.97 Å². The monoisotopic (exact) mass is 349 g/mol. The predicted molar refractivity (Wildman–Crippen MR) is 90.9 cm³/mol. The van der Waals surface area contributed by atoms with E-state index in [4.69, 9.17) is 4.74 Å². The second kappa shape index (κ2) is 6.96. The lowest BCUT2D eigenvalue weighted by atomic mass is 10.1. The van der Waals surface area contributed by atoms with Gasteiger partial charge in [-0.25, -0.2) is 4.79 Å². The molecule has 2 rings (SSSR count). The molecule has 0 radical (unpaired) electrons. The number of ketones is 1. The van der Waals surface area contributed by atoms with Crippen LogP contribution in [0.2, 0.25) is 0 Å². The van der Waals surface area contributed by atoms with Gasteiger partial charge in [0.1, 0.15) is 5.00 Å². The van der Waals surface area contributed by atoms with Crippen molar-refractivity contribution in [3.8, 4) is 0 Å². The van der Waals surface area contributed by atoms with Gasteiger partial charge in [-0.3, -0.25) is 14.3 Å². The van der Waals surface area contributed by atoms with Crippen LogP contribution in [0.1, 0.15) is 55.5 Å². The van der Waals surface area contributed by atoms with Gasteiger partial charge in [0, 0.05) is 13.2 Å². The Balaban J connectivity index is 2.43. The number of hydrogen-bond acceptors (Lipinski definition) is 6. The first kappa shape index (κ1) is 17.9. The minimum Gasteiger partial charge on any atom is -0.462 e. The van der Waals surface area contributed by atoms with E-state index in [-0.39, 0.29) is 23.9 Å². The molecular formula is C16H19N3O4S. The fraction of sp³-hybridized carbons (Fsp3) is 0.375.